The van der Waals surface area contributed by atoms with Crippen LogP contribution in [-0.4, -0.2) is 46.2 Å². The van der Waals surface area contributed by atoms with Crippen LogP contribution in [0.3, 0.4) is 0 Å². The predicted octanol–water partition coefficient (Wildman–Crippen LogP) is 0.241. The summed E-state index contributed by atoms with van der Waals surface area (Å²) in [7, 11) is 0. The molecule has 1 amide bonds. The lowest BCUT2D eigenvalue weighted by molar-refractivity contribution is -0.181. The molecule has 1 N–H and O–H groups in total. The van der Waals surface area contributed by atoms with Crippen LogP contribution in [0.5, 0.6) is 0 Å². The van der Waals surface area contributed by atoms with E-state index in [1.165, 1.54) is 6.92 Å². The van der Waals surface area contributed by atoms with E-state index in [4.69, 9.17) is 4.74 Å². The van der Waals surface area contributed by atoms with Crippen molar-refractivity contribution >= 4 is 11.9 Å². The number of amides is 1. The van der Waals surface area contributed by atoms with Gasteiger partial charge in [-0.15, -0.1) is 0 Å². The zero-order valence-electron chi connectivity index (χ0n) is 9.45. The number of carboxylic acids is 1. The Hall–Kier alpha value is -1.10. The molecule has 0 unspecified atom stereocenters. The summed E-state index contributed by atoms with van der Waals surface area (Å²) >= 11 is 0. The molecule has 1 aliphatic carbocycles. The number of aliphatic carboxylic acids is 1. The fourth-order valence-corrected chi connectivity index (χ4v) is 3.69. The lowest BCUT2D eigenvalue weighted by atomic mass is 9.54. The van der Waals surface area contributed by atoms with Gasteiger partial charge in [0.1, 0.15) is 11.0 Å². The van der Waals surface area contributed by atoms with Crippen LogP contribution in [0.2, 0.25) is 0 Å². The number of ether oxygens (including phenoxy) is 1. The maximum atomic E-state index is 11.4. The third kappa shape index (κ3) is 0.867. The lowest BCUT2D eigenvalue weighted by Gasteiger charge is -2.52. The normalized spacial score (nSPS) is 42.8. The van der Waals surface area contributed by atoms with E-state index in [2.05, 4.69) is 0 Å². The molecule has 0 aromatic heterocycles. The number of hydrogen-bond acceptors (Lipinski definition) is 3. The van der Waals surface area contributed by atoms with Gasteiger partial charge in [0.2, 0.25) is 5.91 Å². The quantitative estimate of drug-likeness (QED) is 0.694. The average Bonchev–Trinajstić information content (AvgIpc) is 2.45. The molecule has 0 aromatic rings. The van der Waals surface area contributed by atoms with Crippen molar-refractivity contribution in [1.82, 2.24) is 4.90 Å². The van der Waals surface area contributed by atoms with E-state index in [0.717, 1.165) is 0 Å². The molecule has 0 aromatic carbocycles. The Labute approximate surface area is 93.4 Å². The van der Waals surface area contributed by atoms with Crippen molar-refractivity contribution in [3.63, 3.8) is 0 Å². The molecule has 4 fully saturated rings. The van der Waals surface area contributed by atoms with Crippen molar-refractivity contribution in [3.05, 3.63) is 0 Å². The maximum Gasteiger partial charge on any atom is 0.312 e. The summed E-state index contributed by atoms with van der Waals surface area (Å²) in [5, 5.41) is 9.37. The molecule has 5 heteroatoms. The van der Waals surface area contributed by atoms with Crippen molar-refractivity contribution in [2.75, 3.05) is 13.1 Å². The van der Waals surface area contributed by atoms with Crippen molar-refractivity contribution < 1.29 is 19.4 Å². The summed E-state index contributed by atoms with van der Waals surface area (Å²) in [6.45, 7) is 4.33. The van der Waals surface area contributed by atoms with E-state index in [-0.39, 0.29) is 11.5 Å². The SMILES string of the molecule is CC(=O)N1CC2(C1)OC1(C)CC2(C(=O)O)C1. The Morgan fingerprint density at radius 1 is 1.31 bits per heavy atom. The lowest BCUT2D eigenvalue weighted by Crippen LogP contribution is -2.70. The summed E-state index contributed by atoms with van der Waals surface area (Å²) < 4.78 is 5.92. The highest BCUT2D eigenvalue weighted by Crippen LogP contribution is 2.68. The minimum Gasteiger partial charge on any atom is -0.481 e. The molecule has 5 nitrogen and oxygen atoms in total. The van der Waals surface area contributed by atoms with E-state index < -0.39 is 17.0 Å². The summed E-state index contributed by atoms with van der Waals surface area (Å²) in [4.78, 5) is 24.2. The molecule has 0 radical (unpaired) electrons. The summed E-state index contributed by atoms with van der Waals surface area (Å²) in [5.74, 6) is -0.783. The molecule has 88 valence electrons. The summed E-state index contributed by atoms with van der Waals surface area (Å²) in [6.07, 6.45) is 1.17. The number of carbonyl (C=O) groups is 2. The van der Waals surface area contributed by atoms with Crippen LogP contribution < -0.4 is 0 Å². The van der Waals surface area contributed by atoms with Gasteiger partial charge in [-0.05, 0) is 19.8 Å². The molecule has 3 aliphatic heterocycles. The van der Waals surface area contributed by atoms with Gasteiger partial charge in [-0.1, -0.05) is 0 Å². The second-order valence-electron chi connectivity index (χ2n) is 5.66. The van der Waals surface area contributed by atoms with Gasteiger partial charge in [0.05, 0.1) is 18.7 Å². The molecule has 0 atom stereocenters. The van der Waals surface area contributed by atoms with E-state index in [1.54, 1.807) is 4.90 Å². The number of carbonyl (C=O) groups excluding carboxylic acids is 1. The van der Waals surface area contributed by atoms with Crippen molar-refractivity contribution in [1.29, 1.82) is 0 Å². The molecule has 16 heavy (non-hydrogen) atoms. The molecule has 3 saturated heterocycles. The molecule has 1 spiro atoms. The van der Waals surface area contributed by atoms with Crippen LogP contribution in [-0.2, 0) is 14.3 Å². The Morgan fingerprint density at radius 2 is 1.88 bits per heavy atom. The number of carboxylic acid groups (broad SMARTS) is 1. The van der Waals surface area contributed by atoms with E-state index >= 15 is 0 Å². The Balaban J connectivity index is 1.88. The molecule has 2 bridgehead atoms. The van der Waals surface area contributed by atoms with Crippen LogP contribution in [0, 0.1) is 5.41 Å². The Morgan fingerprint density at radius 3 is 2.31 bits per heavy atom. The van der Waals surface area contributed by atoms with Gasteiger partial charge < -0.3 is 14.7 Å². The second kappa shape index (κ2) is 2.42. The smallest absolute Gasteiger partial charge is 0.312 e. The first-order chi connectivity index (χ1) is 7.33. The van der Waals surface area contributed by atoms with E-state index in [9.17, 15) is 14.7 Å². The molecule has 1 saturated carbocycles. The zero-order chi connectivity index (χ0) is 11.8. The van der Waals surface area contributed by atoms with E-state index in [0.29, 0.717) is 25.9 Å². The average molecular weight is 225 g/mol. The van der Waals surface area contributed by atoms with Crippen LogP contribution in [0.1, 0.15) is 26.7 Å². The number of likely N-dealkylation sites (tertiary alicyclic amines) is 1. The van der Waals surface area contributed by atoms with Crippen molar-refractivity contribution in [2.45, 2.75) is 37.9 Å². The third-order valence-electron chi connectivity index (χ3n) is 4.41. The van der Waals surface area contributed by atoms with Crippen molar-refractivity contribution in [3.8, 4) is 0 Å². The Bertz CT molecular complexity index is 391. The molecule has 4 rings (SSSR count). The third-order valence-corrected chi connectivity index (χ3v) is 4.41. The largest absolute Gasteiger partial charge is 0.481 e. The minimum atomic E-state index is -0.773. The summed E-state index contributed by atoms with van der Waals surface area (Å²) in [6, 6.07) is 0. The van der Waals surface area contributed by atoms with Gasteiger partial charge in [-0.2, -0.15) is 0 Å². The molecule has 3 heterocycles. The zero-order valence-corrected chi connectivity index (χ0v) is 9.45. The van der Waals surface area contributed by atoms with Crippen molar-refractivity contribution in [2.24, 2.45) is 5.41 Å². The Kier molecular flexibility index (Phi) is 1.53. The maximum absolute atomic E-state index is 11.4. The van der Waals surface area contributed by atoms with E-state index in [1.807, 2.05) is 6.92 Å². The standard InChI is InChI=1S/C11H15NO4/c1-7(13)12-5-11(6-12)10(8(14)15)3-9(2,4-10)16-11/h3-6H2,1-2H3,(H,14,15). The first kappa shape index (κ1) is 10.1. The van der Waals surface area contributed by atoms with Gasteiger partial charge in [0.25, 0.3) is 0 Å². The highest BCUT2D eigenvalue weighted by Gasteiger charge is 2.80. The highest BCUT2D eigenvalue weighted by atomic mass is 16.6. The number of rotatable bonds is 1. The van der Waals surface area contributed by atoms with Gasteiger partial charge in [-0.25, -0.2) is 0 Å². The summed E-state index contributed by atoms with van der Waals surface area (Å²) in [5.41, 5.74) is -1.63. The first-order valence-electron chi connectivity index (χ1n) is 5.52. The number of nitrogens with zero attached hydrogens (tertiary/aromatic N) is 1. The van der Waals surface area contributed by atoms with Gasteiger partial charge in [0.15, 0.2) is 0 Å². The van der Waals surface area contributed by atoms with Gasteiger partial charge in [-0.3, -0.25) is 9.59 Å². The minimum absolute atomic E-state index is 0.0102. The predicted molar refractivity (Wildman–Crippen MR) is 53.8 cm³/mol. The first-order valence-corrected chi connectivity index (χ1v) is 5.52. The van der Waals surface area contributed by atoms with Gasteiger partial charge >= 0.3 is 5.97 Å². The van der Waals surface area contributed by atoms with Gasteiger partial charge in [0, 0.05) is 6.92 Å². The highest BCUT2D eigenvalue weighted by molar-refractivity contribution is 5.82. The van der Waals surface area contributed by atoms with Crippen LogP contribution in [0.15, 0.2) is 0 Å². The molecular weight excluding hydrogens is 210 g/mol. The fourth-order valence-electron chi connectivity index (χ4n) is 3.69. The fraction of sp³-hybridized carbons (Fsp3) is 0.818. The topological polar surface area (TPSA) is 66.8 Å². The van der Waals surface area contributed by atoms with Crippen LogP contribution >= 0.6 is 0 Å². The molecular formula is C11H15NO4. The molecule has 4 aliphatic rings. The number of hydrogen-bond donors (Lipinski definition) is 1. The monoisotopic (exact) mass is 225 g/mol. The second-order valence-corrected chi connectivity index (χ2v) is 5.66. The van der Waals surface area contributed by atoms with Crippen LogP contribution in [0.25, 0.3) is 0 Å². The van der Waals surface area contributed by atoms with Crippen LogP contribution in [0.4, 0.5) is 0 Å².